The number of Topliss-reactive ketones (excluding diaryl/α,β-unsaturated/α-hetero) is 1. The van der Waals surface area contributed by atoms with Crippen LogP contribution in [0.1, 0.15) is 33.5 Å². The van der Waals surface area contributed by atoms with E-state index in [0.29, 0.717) is 6.42 Å². The summed E-state index contributed by atoms with van der Waals surface area (Å²) < 4.78 is 1.10. The predicted molar refractivity (Wildman–Crippen MR) is 80.4 cm³/mol. The molecule has 0 amide bonds. The number of rotatable bonds is 0. The number of ketones is 1. The lowest BCUT2D eigenvalue weighted by molar-refractivity contribution is 0.0994. The highest BCUT2D eigenvalue weighted by Gasteiger charge is 2.26. The molecule has 0 saturated heterocycles. The molecule has 0 spiro atoms. The van der Waals surface area contributed by atoms with Gasteiger partial charge in [0.15, 0.2) is 5.78 Å². The Balaban J connectivity index is 2.00. The van der Waals surface area contributed by atoms with Gasteiger partial charge in [0.1, 0.15) is 0 Å². The molecular weight excluding hydrogens is 300 g/mol. The van der Waals surface area contributed by atoms with Gasteiger partial charge in [-0.05, 0) is 46.4 Å². The zero-order valence-corrected chi connectivity index (χ0v) is 11.8. The molecule has 2 aromatic rings. The second kappa shape index (κ2) is 3.91. The smallest absolute Gasteiger partial charge is 0.167 e. The van der Waals surface area contributed by atoms with Crippen LogP contribution in [0, 0.1) is 0 Å². The number of benzene rings is 2. The van der Waals surface area contributed by atoms with Gasteiger partial charge in [0.05, 0.1) is 0 Å². The van der Waals surface area contributed by atoms with Crippen molar-refractivity contribution in [3.05, 3.63) is 63.1 Å². The molecule has 0 heterocycles. The second-order valence-corrected chi connectivity index (χ2v) is 5.98. The number of carbonyl (C=O) groups is 1. The van der Waals surface area contributed by atoms with Crippen LogP contribution in [-0.4, -0.2) is 5.78 Å². The summed E-state index contributed by atoms with van der Waals surface area (Å²) in [6.45, 7) is 0. The number of halogens is 1. The number of carbonyl (C=O) groups excluding carboxylic acids is 1. The quantitative estimate of drug-likeness (QED) is 0.592. The molecule has 4 rings (SSSR count). The maximum Gasteiger partial charge on any atom is 0.167 e. The highest BCUT2D eigenvalue weighted by atomic mass is 79.9. The van der Waals surface area contributed by atoms with Crippen LogP contribution in [0.2, 0.25) is 0 Å². The minimum atomic E-state index is 0.251. The molecule has 19 heavy (non-hydrogen) atoms. The molecule has 2 aliphatic carbocycles. The van der Waals surface area contributed by atoms with Crippen molar-refractivity contribution in [3.63, 3.8) is 0 Å². The van der Waals surface area contributed by atoms with Crippen molar-refractivity contribution < 1.29 is 4.79 Å². The molecule has 92 valence electrons. The van der Waals surface area contributed by atoms with Crippen molar-refractivity contribution in [1.29, 1.82) is 0 Å². The molecule has 0 unspecified atom stereocenters. The van der Waals surface area contributed by atoms with Crippen LogP contribution in [0.4, 0.5) is 0 Å². The number of hydrogen-bond donors (Lipinski definition) is 0. The first-order chi connectivity index (χ1) is 9.24. The fourth-order valence-electron chi connectivity index (χ4n) is 3.13. The van der Waals surface area contributed by atoms with Gasteiger partial charge in [0.2, 0.25) is 0 Å². The van der Waals surface area contributed by atoms with Gasteiger partial charge in [-0.25, -0.2) is 0 Å². The van der Waals surface area contributed by atoms with Gasteiger partial charge in [-0.1, -0.05) is 46.3 Å². The first-order valence-corrected chi connectivity index (χ1v) is 7.18. The molecule has 2 aliphatic rings. The van der Waals surface area contributed by atoms with E-state index in [-0.39, 0.29) is 5.78 Å². The zero-order valence-electron chi connectivity index (χ0n) is 10.2. The molecule has 0 aliphatic heterocycles. The van der Waals surface area contributed by atoms with E-state index in [1.54, 1.807) is 0 Å². The molecule has 0 N–H and O–H groups in total. The molecule has 0 saturated carbocycles. The molecule has 2 heteroatoms. The van der Waals surface area contributed by atoms with Gasteiger partial charge in [-0.15, -0.1) is 0 Å². The third-order valence-electron chi connectivity index (χ3n) is 3.95. The Kier molecular flexibility index (Phi) is 2.30. The van der Waals surface area contributed by atoms with E-state index in [4.69, 9.17) is 0 Å². The van der Waals surface area contributed by atoms with Crippen molar-refractivity contribution >= 4 is 27.8 Å². The fraction of sp³-hybridized carbons (Fsp3) is 0.118. The largest absolute Gasteiger partial charge is 0.294 e. The van der Waals surface area contributed by atoms with E-state index < -0.39 is 0 Å². The Hall–Kier alpha value is -1.67. The van der Waals surface area contributed by atoms with Gasteiger partial charge >= 0.3 is 0 Å². The van der Waals surface area contributed by atoms with Crippen molar-refractivity contribution in [2.45, 2.75) is 12.8 Å². The maximum absolute atomic E-state index is 12.2. The molecular formula is C17H11BrO. The van der Waals surface area contributed by atoms with E-state index in [0.717, 1.165) is 22.0 Å². The second-order valence-electron chi connectivity index (χ2n) is 5.06. The lowest BCUT2D eigenvalue weighted by atomic mass is 9.89. The fourth-order valence-corrected chi connectivity index (χ4v) is 3.54. The number of allylic oxidation sites excluding steroid dienone is 1. The van der Waals surface area contributed by atoms with Crippen molar-refractivity contribution in [2.75, 3.05) is 0 Å². The molecule has 0 aromatic heterocycles. The van der Waals surface area contributed by atoms with Crippen LogP contribution in [0.5, 0.6) is 0 Å². The molecule has 0 fully saturated rings. The van der Waals surface area contributed by atoms with E-state index in [9.17, 15) is 4.79 Å². The minimum absolute atomic E-state index is 0.251. The topological polar surface area (TPSA) is 17.1 Å². The lowest BCUT2D eigenvalue weighted by Gasteiger charge is -2.14. The monoisotopic (exact) mass is 310 g/mol. The van der Waals surface area contributed by atoms with E-state index >= 15 is 0 Å². The van der Waals surface area contributed by atoms with Gasteiger partial charge in [-0.3, -0.25) is 4.79 Å². The van der Waals surface area contributed by atoms with Gasteiger partial charge < -0.3 is 0 Å². The average molecular weight is 311 g/mol. The van der Waals surface area contributed by atoms with E-state index in [1.165, 1.54) is 22.3 Å². The van der Waals surface area contributed by atoms with E-state index in [2.05, 4.69) is 52.3 Å². The summed E-state index contributed by atoms with van der Waals surface area (Å²) in [4.78, 5) is 12.2. The molecule has 1 nitrogen and oxygen atoms in total. The highest BCUT2D eigenvalue weighted by molar-refractivity contribution is 9.10. The van der Waals surface area contributed by atoms with Crippen molar-refractivity contribution in [2.24, 2.45) is 0 Å². The third-order valence-corrected chi connectivity index (χ3v) is 4.44. The minimum Gasteiger partial charge on any atom is -0.294 e. The van der Waals surface area contributed by atoms with Gasteiger partial charge in [-0.2, -0.15) is 0 Å². The maximum atomic E-state index is 12.2. The van der Waals surface area contributed by atoms with Crippen LogP contribution < -0.4 is 0 Å². The summed E-state index contributed by atoms with van der Waals surface area (Å²) in [5, 5.41) is 0. The summed E-state index contributed by atoms with van der Waals surface area (Å²) in [5.41, 5.74) is 7.02. The summed E-state index contributed by atoms with van der Waals surface area (Å²) in [5.74, 6) is 0.251. The molecule has 0 radical (unpaired) electrons. The molecule has 0 bridgehead atoms. The zero-order chi connectivity index (χ0) is 13.0. The Morgan fingerprint density at radius 2 is 1.89 bits per heavy atom. The first kappa shape index (κ1) is 11.2. The first-order valence-electron chi connectivity index (χ1n) is 6.38. The highest BCUT2D eigenvalue weighted by Crippen LogP contribution is 2.41. The number of hydrogen-bond acceptors (Lipinski definition) is 1. The van der Waals surface area contributed by atoms with Crippen molar-refractivity contribution in [1.82, 2.24) is 0 Å². The summed E-state index contributed by atoms with van der Waals surface area (Å²) in [7, 11) is 0. The summed E-state index contributed by atoms with van der Waals surface area (Å²) >= 11 is 3.52. The lowest BCUT2D eigenvalue weighted by Crippen LogP contribution is -2.08. The average Bonchev–Trinajstić information content (AvgIpc) is 2.76. The SMILES string of the molecule is O=C1CC=Cc2ccc3c(c21)Cc1cc(Br)ccc1-3. The Morgan fingerprint density at radius 3 is 2.79 bits per heavy atom. The van der Waals surface area contributed by atoms with Gasteiger partial charge in [0, 0.05) is 16.5 Å². The summed E-state index contributed by atoms with van der Waals surface area (Å²) in [6.07, 6.45) is 5.42. The number of fused-ring (bicyclic) bond motifs is 5. The standard InChI is InChI=1S/C17H11BrO/c18-12-5-7-13-11(8-12)9-15-14(13)6-4-10-2-1-3-16(19)17(10)15/h1-2,4-8H,3,9H2. The van der Waals surface area contributed by atoms with Crippen LogP contribution >= 0.6 is 15.9 Å². The van der Waals surface area contributed by atoms with E-state index in [1.807, 2.05) is 6.08 Å². The Bertz CT molecular complexity index is 756. The summed E-state index contributed by atoms with van der Waals surface area (Å²) in [6, 6.07) is 10.6. The Morgan fingerprint density at radius 1 is 1.05 bits per heavy atom. The molecule has 2 aromatic carbocycles. The van der Waals surface area contributed by atoms with Crippen LogP contribution in [0.15, 0.2) is 40.9 Å². The third kappa shape index (κ3) is 1.56. The Labute approximate surface area is 120 Å². The molecule has 0 atom stereocenters. The van der Waals surface area contributed by atoms with Crippen molar-refractivity contribution in [3.8, 4) is 11.1 Å². The normalized spacial score (nSPS) is 15.1. The van der Waals surface area contributed by atoms with Crippen LogP contribution in [0.3, 0.4) is 0 Å². The van der Waals surface area contributed by atoms with Gasteiger partial charge in [0.25, 0.3) is 0 Å². The van der Waals surface area contributed by atoms with Crippen LogP contribution in [-0.2, 0) is 6.42 Å². The predicted octanol–water partition coefficient (Wildman–Crippen LogP) is 4.62. The van der Waals surface area contributed by atoms with Crippen LogP contribution in [0.25, 0.3) is 17.2 Å².